The molecule has 0 saturated heterocycles. The van der Waals surface area contributed by atoms with Gasteiger partial charge in [-0.1, -0.05) is 35.8 Å². The Labute approximate surface area is 155 Å². The van der Waals surface area contributed by atoms with E-state index >= 15 is 0 Å². The zero-order valence-corrected chi connectivity index (χ0v) is 15.9. The molecule has 0 fully saturated rings. The van der Waals surface area contributed by atoms with Crippen LogP contribution in [0.5, 0.6) is 5.75 Å². The fourth-order valence-electron chi connectivity index (χ4n) is 1.86. The van der Waals surface area contributed by atoms with E-state index in [2.05, 4.69) is 40.4 Å². The third-order valence-corrected chi connectivity index (χ3v) is 3.74. The smallest absolute Gasteiger partial charge is 0.257 e. The molecule has 2 rings (SSSR count). The van der Waals surface area contributed by atoms with Crippen molar-refractivity contribution in [3.63, 3.8) is 0 Å². The molecule has 2 aromatic carbocycles. The number of halogens is 1. The summed E-state index contributed by atoms with van der Waals surface area (Å²) in [5, 5.41) is 5.88. The van der Waals surface area contributed by atoms with Crippen molar-refractivity contribution in [2.75, 3.05) is 11.9 Å². The summed E-state index contributed by atoms with van der Waals surface area (Å²) >= 11 is 8.55. The van der Waals surface area contributed by atoms with E-state index in [9.17, 15) is 4.79 Å². The molecule has 0 unspecified atom stereocenters. The summed E-state index contributed by atoms with van der Waals surface area (Å²) in [5.74, 6) is 0.813. The van der Waals surface area contributed by atoms with Crippen molar-refractivity contribution in [1.82, 2.24) is 5.32 Å². The van der Waals surface area contributed by atoms with Crippen LogP contribution in [0.15, 0.2) is 53.0 Å². The average Bonchev–Trinajstić information content (AvgIpc) is 2.55. The van der Waals surface area contributed by atoms with E-state index in [1.54, 1.807) is 18.2 Å². The zero-order valence-electron chi connectivity index (χ0n) is 13.5. The third-order valence-electron chi connectivity index (χ3n) is 3.01. The number of amides is 1. The van der Waals surface area contributed by atoms with Crippen LogP contribution in [0.1, 0.15) is 24.2 Å². The molecule has 0 bridgehead atoms. The molecule has 126 valence electrons. The minimum Gasteiger partial charge on any atom is -0.493 e. The number of benzene rings is 2. The lowest BCUT2D eigenvalue weighted by Gasteiger charge is -2.11. The molecular weight excluding hydrogens is 388 g/mol. The largest absolute Gasteiger partial charge is 0.493 e. The average molecular weight is 407 g/mol. The first kappa shape index (κ1) is 18.4. The fourth-order valence-corrected chi connectivity index (χ4v) is 2.34. The molecule has 6 heteroatoms. The number of anilines is 1. The van der Waals surface area contributed by atoms with Crippen LogP contribution < -0.4 is 15.4 Å². The lowest BCUT2D eigenvalue weighted by Crippen LogP contribution is -2.34. The van der Waals surface area contributed by atoms with Crippen molar-refractivity contribution in [3.05, 3.63) is 58.6 Å². The first-order valence-corrected chi connectivity index (χ1v) is 8.75. The van der Waals surface area contributed by atoms with Gasteiger partial charge in [-0.05, 0) is 60.6 Å². The van der Waals surface area contributed by atoms with Gasteiger partial charge in [0.2, 0.25) is 0 Å². The third kappa shape index (κ3) is 5.94. The number of hydrogen-bond acceptors (Lipinski definition) is 3. The molecule has 0 saturated carbocycles. The minimum absolute atomic E-state index is 0.246. The predicted molar refractivity (Wildman–Crippen MR) is 105 cm³/mol. The van der Waals surface area contributed by atoms with E-state index < -0.39 is 0 Å². The SMILES string of the molecule is CC(C)COc1cccc(C(=O)NC(=S)Nc2ccc(Br)cc2)c1. The lowest BCUT2D eigenvalue weighted by atomic mass is 10.2. The molecule has 0 aliphatic heterocycles. The first-order valence-electron chi connectivity index (χ1n) is 7.55. The maximum atomic E-state index is 12.3. The summed E-state index contributed by atoms with van der Waals surface area (Å²) in [5.41, 5.74) is 1.30. The molecule has 2 aromatic rings. The van der Waals surface area contributed by atoms with E-state index in [-0.39, 0.29) is 11.0 Å². The highest BCUT2D eigenvalue weighted by molar-refractivity contribution is 9.10. The second kappa shape index (κ2) is 8.80. The van der Waals surface area contributed by atoms with Crippen LogP contribution >= 0.6 is 28.1 Å². The van der Waals surface area contributed by atoms with Gasteiger partial charge in [-0.3, -0.25) is 10.1 Å². The number of carbonyl (C=O) groups excluding carboxylic acids is 1. The monoisotopic (exact) mass is 406 g/mol. The number of ether oxygens (including phenoxy) is 1. The van der Waals surface area contributed by atoms with Crippen LogP contribution in [0.4, 0.5) is 5.69 Å². The quantitative estimate of drug-likeness (QED) is 0.711. The molecule has 0 aliphatic rings. The van der Waals surface area contributed by atoms with Crippen LogP contribution in [-0.2, 0) is 0 Å². The van der Waals surface area contributed by atoms with Crippen LogP contribution in [0.2, 0.25) is 0 Å². The maximum absolute atomic E-state index is 12.3. The van der Waals surface area contributed by atoms with Crippen LogP contribution in [0.3, 0.4) is 0 Å². The number of carbonyl (C=O) groups is 1. The Hall–Kier alpha value is -1.92. The second-order valence-electron chi connectivity index (χ2n) is 5.65. The van der Waals surface area contributed by atoms with Gasteiger partial charge >= 0.3 is 0 Å². The highest BCUT2D eigenvalue weighted by Crippen LogP contribution is 2.15. The Bertz CT molecular complexity index is 717. The number of rotatable bonds is 5. The van der Waals surface area contributed by atoms with E-state index in [1.807, 2.05) is 30.3 Å². The van der Waals surface area contributed by atoms with E-state index in [4.69, 9.17) is 17.0 Å². The molecule has 0 aliphatic carbocycles. The molecule has 1 amide bonds. The van der Waals surface area contributed by atoms with Gasteiger partial charge in [0, 0.05) is 15.7 Å². The molecule has 4 nitrogen and oxygen atoms in total. The lowest BCUT2D eigenvalue weighted by molar-refractivity contribution is 0.0977. The molecular formula is C18H19BrN2O2S. The summed E-state index contributed by atoms with van der Waals surface area (Å²) in [6, 6.07) is 14.6. The Morgan fingerprint density at radius 3 is 2.58 bits per heavy atom. The molecule has 2 N–H and O–H groups in total. The Kier molecular flexibility index (Phi) is 6.75. The standard InChI is InChI=1S/C18H19BrN2O2S/c1-12(2)11-23-16-5-3-4-13(10-16)17(22)21-18(24)20-15-8-6-14(19)7-9-15/h3-10,12H,11H2,1-2H3,(H2,20,21,22,24). The zero-order chi connectivity index (χ0) is 17.5. The summed E-state index contributed by atoms with van der Waals surface area (Å²) in [7, 11) is 0. The highest BCUT2D eigenvalue weighted by Gasteiger charge is 2.09. The van der Waals surface area contributed by atoms with Crippen molar-refractivity contribution >= 4 is 44.9 Å². The topological polar surface area (TPSA) is 50.4 Å². The Balaban J connectivity index is 1.94. The van der Waals surface area contributed by atoms with Gasteiger partial charge in [0.15, 0.2) is 5.11 Å². The van der Waals surface area contributed by atoms with Crippen molar-refractivity contribution in [3.8, 4) is 5.75 Å². The predicted octanol–water partition coefficient (Wildman–Crippen LogP) is 4.61. The first-order chi connectivity index (χ1) is 11.4. The summed E-state index contributed by atoms with van der Waals surface area (Å²) in [6.45, 7) is 4.75. The van der Waals surface area contributed by atoms with Crippen molar-refractivity contribution in [2.45, 2.75) is 13.8 Å². The normalized spacial score (nSPS) is 10.3. The van der Waals surface area contributed by atoms with Crippen LogP contribution in [0, 0.1) is 5.92 Å². The molecule has 0 heterocycles. The minimum atomic E-state index is -0.278. The molecule has 0 aromatic heterocycles. The van der Waals surface area contributed by atoms with Gasteiger partial charge in [0.05, 0.1) is 6.61 Å². The van der Waals surface area contributed by atoms with Crippen LogP contribution in [-0.4, -0.2) is 17.6 Å². The molecule has 0 spiro atoms. The van der Waals surface area contributed by atoms with Crippen molar-refractivity contribution in [1.29, 1.82) is 0 Å². The van der Waals surface area contributed by atoms with Crippen LogP contribution in [0.25, 0.3) is 0 Å². The van der Waals surface area contributed by atoms with Gasteiger partial charge in [-0.15, -0.1) is 0 Å². The number of hydrogen-bond donors (Lipinski definition) is 2. The maximum Gasteiger partial charge on any atom is 0.257 e. The van der Waals surface area contributed by atoms with Gasteiger partial charge < -0.3 is 10.1 Å². The van der Waals surface area contributed by atoms with E-state index in [1.165, 1.54) is 0 Å². The van der Waals surface area contributed by atoms with Crippen molar-refractivity contribution < 1.29 is 9.53 Å². The second-order valence-corrected chi connectivity index (χ2v) is 6.97. The fraction of sp³-hybridized carbons (Fsp3) is 0.222. The van der Waals surface area contributed by atoms with E-state index in [0.717, 1.165) is 10.2 Å². The molecule has 0 radical (unpaired) electrons. The Morgan fingerprint density at radius 2 is 1.92 bits per heavy atom. The highest BCUT2D eigenvalue weighted by atomic mass is 79.9. The van der Waals surface area contributed by atoms with Crippen molar-refractivity contribution in [2.24, 2.45) is 5.92 Å². The molecule has 0 atom stereocenters. The molecule has 24 heavy (non-hydrogen) atoms. The Morgan fingerprint density at radius 1 is 1.21 bits per heavy atom. The van der Waals surface area contributed by atoms with Gasteiger partial charge in [0.25, 0.3) is 5.91 Å². The van der Waals surface area contributed by atoms with E-state index in [0.29, 0.717) is 23.8 Å². The van der Waals surface area contributed by atoms with Gasteiger partial charge in [0.1, 0.15) is 5.75 Å². The summed E-state index contributed by atoms with van der Waals surface area (Å²) in [4.78, 5) is 12.3. The van der Waals surface area contributed by atoms with Gasteiger partial charge in [-0.2, -0.15) is 0 Å². The number of thiocarbonyl (C=S) groups is 1. The number of nitrogens with one attached hydrogen (secondary N) is 2. The summed E-state index contributed by atoms with van der Waals surface area (Å²) in [6.07, 6.45) is 0. The van der Waals surface area contributed by atoms with Gasteiger partial charge in [-0.25, -0.2) is 0 Å². The summed E-state index contributed by atoms with van der Waals surface area (Å²) < 4.78 is 6.61.